The molecular formula is C13H24N4OS. The smallest absolute Gasteiger partial charge is 0.138 e. The molecule has 1 N–H and O–H groups in total. The molecule has 2 atom stereocenters. The third-order valence-corrected chi connectivity index (χ3v) is 4.56. The van der Waals surface area contributed by atoms with Crippen molar-refractivity contribution >= 4 is 11.8 Å². The molecule has 1 fully saturated rings. The van der Waals surface area contributed by atoms with E-state index in [1.807, 2.05) is 16.4 Å². The fourth-order valence-electron chi connectivity index (χ4n) is 2.38. The highest BCUT2D eigenvalue weighted by molar-refractivity contribution is 7.99. The van der Waals surface area contributed by atoms with Gasteiger partial charge in [0, 0.05) is 37.1 Å². The molecule has 1 aliphatic heterocycles. The molecule has 0 radical (unpaired) electrons. The molecule has 1 saturated heterocycles. The Labute approximate surface area is 119 Å². The first-order valence-electron chi connectivity index (χ1n) is 6.90. The van der Waals surface area contributed by atoms with Crippen LogP contribution in [-0.4, -0.2) is 62.0 Å². The van der Waals surface area contributed by atoms with Crippen LogP contribution in [0.1, 0.15) is 19.7 Å². The summed E-state index contributed by atoms with van der Waals surface area (Å²) in [5.74, 6) is 3.58. The fourth-order valence-corrected chi connectivity index (χ4v) is 3.68. The molecule has 1 aromatic rings. The minimum absolute atomic E-state index is 0.225. The Morgan fingerprint density at radius 3 is 3.00 bits per heavy atom. The van der Waals surface area contributed by atoms with Crippen molar-refractivity contribution < 1.29 is 5.11 Å². The number of thioether (sulfide) groups is 1. The number of rotatable bonds is 5. The van der Waals surface area contributed by atoms with Crippen molar-refractivity contribution in [1.82, 2.24) is 19.7 Å². The van der Waals surface area contributed by atoms with E-state index in [0.29, 0.717) is 12.3 Å². The Kier molecular flexibility index (Phi) is 5.24. The molecule has 0 amide bonds. The molecule has 0 aromatic carbocycles. The molecule has 1 aromatic heterocycles. The largest absolute Gasteiger partial charge is 0.391 e. The van der Waals surface area contributed by atoms with E-state index in [1.165, 1.54) is 0 Å². The number of hydrogen-bond acceptors (Lipinski definition) is 5. The van der Waals surface area contributed by atoms with Gasteiger partial charge < -0.3 is 5.11 Å². The highest BCUT2D eigenvalue weighted by Gasteiger charge is 2.27. The van der Waals surface area contributed by atoms with Crippen LogP contribution in [0, 0.1) is 5.92 Å². The molecular weight excluding hydrogens is 260 g/mol. The van der Waals surface area contributed by atoms with Crippen LogP contribution in [0.15, 0.2) is 6.33 Å². The molecule has 0 saturated carbocycles. The number of hydrogen-bond donors (Lipinski definition) is 1. The SMILES string of the molecule is CC(C)Cn1ncnc1CC(O)C1CSCCN1C. The van der Waals surface area contributed by atoms with Crippen LogP contribution in [0.3, 0.4) is 0 Å². The van der Waals surface area contributed by atoms with Gasteiger partial charge in [-0.15, -0.1) is 0 Å². The van der Waals surface area contributed by atoms with Gasteiger partial charge in [0.15, 0.2) is 0 Å². The van der Waals surface area contributed by atoms with Gasteiger partial charge in [-0.25, -0.2) is 9.67 Å². The van der Waals surface area contributed by atoms with Gasteiger partial charge in [-0.2, -0.15) is 16.9 Å². The van der Waals surface area contributed by atoms with E-state index in [-0.39, 0.29) is 12.1 Å². The summed E-state index contributed by atoms with van der Waals surface area (Å²) in [6, 6.07) is 0.225. The predicted molar refractivity (Wildman–Crippen MR) is 78.3 cm³/mol. The average Bonchev–Trinajstić information content (AvgIpc) is 2.76. The zero-order chi connectivity index (χ0) is 13.8. The van der Waals surface area contributed by atoms with E-state index in [0.717, 1.165) is 30.4 Å². The van der Waals surface area contributed by atoms with Crippen LogP contribution in [0.25, 0.3) is 0 Å². The van der Waals surface area contributed by atoms with E-state index in [9.17, 15) is 5.11 Å². The fraction of sp³-hybridized carbons (Fsp3) is 0.846. The molecule has 19 heavy (non-hydrogen) atoms. The molecule has 108 valence electrons. The number of aliphatic hydroxyl groups is 1. The summed E-state index contributed by atoms with van der Waals surface area (Å²) >= 11 is 1.92. The van der Waals surface area contributed by atoms with Gasteiger partial charge in [-0.05, 0) is 13.0 Å². The van der Waals surface area contributed by atoms with Gasteiger partial charge in [-0.3, -0.25) is 4.90 Å². The van der Waals surface area contributed by atoms with E-state index in [2.05, 4.69) is 35.9 Å². The van der Waals surface area contributed by atoms with Crippen molar-refractivity contribution in [3.63, 3.8) is 0 Å². The zero-order valence-electron chi connectivity index (χ0n) is 12.0. The second kappa shape index (κ2) is 6.72. The van der Waals surface area contributed by atoms with Crippen molar-refractivity contribution in [2.45, 2.75) is 39.0 Å². The lowest BCUT2D eigenvalue weighted by molar-refractivity contribution is 0.0738. The summed E-state index contributed by atoms with van der Waals surface area (Å²) in [5.41, 5.74) is 0. The summed E-state index contributed by atoms with van der Waals surface area (Å²) in [6.45, 7) is 6.23. The van der Waals surface area contributed by atoms with Gasteiger partial charge in [0.2, 0.25) is 0 Å². The second-order valence-electron chi connectivity index (χ2n) is 5.65. The van der Waals surface area contributed by atoms with Crippen LogP contribution >= 0.6 is 11.8 Å². The van der Waals surface area contributed by atoms with E-state index in [4.69, 9.17) is 0 Å². The molecule has 2 rings (SSSR count). The van der Waals surface area contributed by atoms with Gasteiger partial charge >= 0.3 is 0 Å². The minimum Gasteiger partial charge on any atom is -0.391 e. The monoisotopic (exact) mass is 284 g/mol. The third-order valence-electron chi connectivity index (χ3n) is 3.51. The summed E-state index contributed by atoms with van der Waals surface area (Å²) in [7, 11) is 2.09. The summed E-state index contributed by atoms with van der Waals surface area (Å²) in [5, 5.41) is 14.7. The molecule has 1 aliphatic rings. The number of aliphatic hydroxyl groups excluding tert-OH is 1. The van der Waals surface area contributed by atoms with Crippen molar-refractivity contribution in [2.24, 2.45) is 5.92 Å². The molecule has 2 heterocycles. The average molecular weight is 284 g/mol. The Hall–Kier alpha value is -0.590. The Balaban J connectivity index is 1.98. The van der Waals surface area contributed by atoms with Gasteiger partial charge in [0.1, 0.15) is 12.2 Å². The normalized spacial score (nSPS) is 22.9. The van der Waals surface area contributed by atoms with Crippen molar-refractivity contribution in [3.05, 3.63) is 12.2 Å². The summed E-state index contributed by atoms with van der Waals surface area (Å²) in [4.78, 5) is 6.55. The molecule has 2 unspecified atom stereocenters. The zero-order valence-corrected chi connectivity index (χ0v) is 12.8. The first kappa shape index (κ1) is 14.8. The number of aromatic nitrogens is 3. The van der Waals surface area contributed by atoms with E-state index < -0.39 is 0 Å². The standard InChI is InChI=1S/C13H24N4OS/c1-10(2)7-17-13(14-9-15-17)6-12(18)11-8-19-5-4-16(11)3/h9-12,18H,4-8H2,1-3H3. The van der Waals surface area contributed by atoms with Crippen molar-refractivity contribution in [1.29, 1.82) is 0 Å². The van der Waals surface area contributed by atoms with Crippen molar-refractivity contribution in [3.8, 4) is 0 Å². The Morgan fingerprint density at radius 1 is 1.53 bits per heavy atom. The molecule has 0 bridgehead atoms. The van der Waals surface area contributed by atoms with Crippen LogP contribution < -0.4 is 0 Å². The highest BCUT2D eigenvalue weighted by atomic mass is 32.2. The Morgan fingerprint density at radius 2 is 2.32 bits per heavy atom. The maximum absolute atomic E-state index is 10.4. The second-order valence-corrected chi connectivity index (χ2v) is 6.80. The topological polar surface area (TPSA) is 54.2 Å². The maximum atomic E-state index is 10.4. The van der Waals surface area contributed by atoms with Crippen LogP contribution in [0.4, 0.5) is 0 Å². The van der Waals surface area contributed by atoms with Crippen LogP contribution in [-0.2, 0) is 13.0 Å². The summed E-state index contributed by atoms with van der Waals surface area (Å²) < 4.78 is 1.92. The molecule has 0 aliphatic carbocycles. The third kappa shape index (κ3) is 3.94. The number of nitrogens with zero attached hydrogens (tertiary/aromatic N) is 4. The molecule has 5 nitrogen and oxygen atoms in total. The lowest BCUT2D eigenvalue weighted by atomic mass is 10.1. The first-order chi connectivity index (χ1) is 9.08. The lowest BCUT2D eigenvalue weighted by Gasteiger charge is -2.35. The predicted octanol–water partition coefficient (Wildman–Crippen LogP) is 0.885. The van der Waals surface area contributed by atoms with Gasteiger partial charge in [-0.1, -0.05) is 13.8 Å². The maximum Gasteiger partial charge on any atom is 0.138 e. The Bertz CT molecular complexity index is 396. The van der Waals surface area contributed by atoms with E-state index >= 15 is 0 Å². The van der Waals surface area contributed by atoms with Crippen LogP contribution in [0.2, 0.25) is 0 Å². The quantitative estimate of drug-likeness (QED) is 0.870. The van der Waals surface area contributed by atoms with Gasteiger partial charge in [0.05, 0.1) is 6.10 Å². The molecule has 0 spiro atoms. The number of likely N-dealkylation sites (N-methyl/N-ethyl adjacent to an activating group) is 1. The first-order valence-corrected chi connectivity index (χ1v) is 8.06. The lowest BCUT2D eigenvalue weighted by Crippen LogP contribution is -2.48. The van der Waals surface area contributed by atoms with Crippen molar-refractivity contribution in [2.75, 3.05) is 25.1 Å². The highest BCUT2D eigenvalue weighted by Crippen LogP contribution is 2.19. The van der Waals surface area contributed by atoms with Crippen LogP contribution in [0.5, 0.6) is 0 Å². The van der Waals surface area contributed by atoms with Gasteiger partial charge in [0.25, 0.3) is 0 Å². The molecule has 6 heteroatoms. The van der Waals surface area contributed by atoms with E-state index in [1.54, 1.807) is 6.33 Å². The minimum atomic E-state index is -0.368. The summed E-state index contributed by atoms with van der Waals surface area (Å²) in [6.07, 6.45) is 1.80.